The van der Waals surface area contributed by atoms with Crippen LogP contribution < -0.4 is 5.32 Å². The van der Waals surface area contributed by atoms with Gasteiger partial charge in [-0.15, -0.1) is 0 Å². The molecule has 0 saturated heterocycles. The molecule has 0 spiro atoms. The first-order chi connectivity index (χ1) is 34.7. The van der Waals surface area contributed by atoms with Crippen molar-refractivity contribution < 1.29 is 15.0 Å². The van der Waals surface area contributed by atoms with E-state index < -0.39 is 12.1 Å². The molecule has 4 nitrogen and oxygen atoms in total. The number of hydrogen-bond acceptors (Lipinski definition) is 3. The predicted molar refractivity (Wildman–Crippen MR) is 313 cm³/mol. The van der Waals surface area contributed by atoms with Crippen LogP contribution in [-0.2, 0) is 4.79 Å². The Morgan fingerprint density at radius 2 is 0.643 bits per heavy atom. The molecule has 2 atom stereocenters. The van der Waals surface area contributed by atoms with Gasteiger partial charge in [-0.2, -0.15) is 0 Å². The molecular formula is C66H115NO3. The van der Waals surface area contributed by atoms with E-state index in [9.17, 15) is 15.0 Å². The maximum atomic E-state index is 12.5. The molecule has 0 rings (SSSR count). The number of allylic oxidation sites excluding steroid dienone is 17. The van der Waals surface area contributed by atoms with E-state index in [2.05, 4.69) is 116 Å². The summed E-state index contributed by atoms with van der Waals surface area (Å²) < 4.78 is 0. The fourth-order valence-corrected chi connectivity index (χ4v) is 8.69. The minimum absolute atomic E-state index is 0.0790. The van der Waals surface area contributed by atoms with Gasteiger partial charge in [0.15, 0.2) is 0 Å². The lowest BCUT2D eigenvalue weighted by atomic mass is 10.0. The second-order valence-electron chi connectivity index (χ2n) is 20.0. The average molecular weight is 971 g/mol. The minimum Gasteiger partial charge on any atom is -0.394 e. The van der Waals surface area contributed by atoms with Crippen molar-refractivity contribution in [2.45, 2.75) is 296 Å². The molecule has 3 N–H and O–H groups in total. The fourth-order valence-electron chi connectivity index (χ4n) is 8.69. The lowest BCUT2D eigenvalue weighted by Crippen LogP contribution is -2.45. The molecule has 2 unspecified atom stereocenters. The van der Waals surface area contributed by atoms with Gasteiger partial charge in [0.2, 0.25) is 5.91 Å². The van der Waals surface area contributed by atoms with E-state index in [0.29, 0.717) is 6.42 Å². The topological polar surface area (TPSA) is 69.6 Å². The Balaban J connectivity index is 3.56. The Bertz CT molecular complexity index is 1330. The van der Waals surface area contributed by atoms with Gasteiger partial charge in [-0.05, 0) is 96.3 Å². The molecule has 70 heavy (non-hydrogen) atoms. The highest BCUT2D eigenvalue weighted by molar-refractivity contribution is 5.76. The van der Waals surface area contributed by atoms with Crippen LogP contribution in [0.5, 0.6) is 0 Å². The molecule has 402 valence electrons. The van der Waals surface area contributed by atoms with Gasteiger partial charge in [0.05, 0.1) is 18.8 Å². The van der Waals surface area contributed by atoms with Crippen LogP contribution >= 0.6 is 0 Å². The van der Waals surface area contributed by atoms with Crippen molar-refractivity contribution in [3.63, 3.8) is 0 Å². The van der Waals surface area contributed by atoms with Crippen molar-refractivity contribution in [3.8, 4) is 0 Å². The zero-order valence-corrected chi connectivity index (χ0v) is 46.3. The third-order valence-electron chi connectivity index (χ3n) is 13.2. The summed E-state index contributed by atoms with van der Waals surface area (Å²) >= 11 is 0. The van der Waals surface area contributed by atoms with Crippen molar-refractivity contribution >= 4 is 5.91 Å². The van der Waals surface area contributed by atoms with Gasteiger partial charge in [-0.1, -0.05) is 290 Å². The number of amides is 1. The van der Waals surface area contributed by atoms with Gasteiger partial charge >= 0.3 is 0 Å². The number of carbonyl (C=O) groups is 1. The third-order valence-corrected chi connectivity index (χ3v) is 13.2. The van der Waals surface area contributed by atoms with Gasteiger partial charge in [0, 0.05) is 6.42 Å². The van der Waals surface area contributed by atoms with E-state index >= 15 is 0 Å². The van der Waals surface area contributed by atoms with Crippen LogP contribution in [0.15, 0.2) is 109 Å². The van der Waals surface area contributed by atoms with Gasteiger partial charge in [-0.3, -0.25) is 4.79 Å². The lowest BCUT2D eigenvalue weighted by molar-refractivity contribution is -0.123. The number of nitrogens with one attached hydrogen (secondary N) is 1. The van der Waals surface area contributed by atoms with Gasteiger partial charge in [0.1, 0.15) is 0 Å². The lowest BCUT2D eigenvalue weighted by Gasteiger charge is -2.19. The molecule has 4 heteroatoms. The number of hydrogen-bond donors (Lipinski definition) is 3. The van der Waals surface area contributed by atoms with Crippen molar-refractivity contribution in [2.75, 3.05) is 6.61 Å². The van der Waals surface area contributed by atoms with E-state index in [1.54, 1.807) is 6.08 Å². The number of rotatable bonds is 54. The van der Waals surface area contributed by atoms with Crippen LogP contribution in [-0.4, -0.2) is 34.9 Å². The molecule has 0 aliphatic rings. The maximum Gasteiger partial charge on any atom is 0.220 e. The highest BCUT2D eigenvalue weighted by Gasteiger charge is 2.18. The van der Waals surface area contributed by atoms with Crippen molar-refractivity contribution in [2.24, 2.45) is 0 Å². The van der Waals surface area contributed by atoms with E-state index in [1.807, 2.05) is 6.08 Å². The summed E-state index contributed by atoms with van der Waals surface area (Å²) in [7, 11) is 0. The van der Waals surface area contributed by atoms with Crippen molar-refractivity contribution in [1.29, 1.82) is 0 Å². The Hall–Kier alpha value is -2.95. The van der Waals surface area contributed by atoms with Crippen LogP contribution in [0.25, 0.3) is 0 Å². The number of unbranched alkanes of at least 4 members (excludes halogenated alkanes) is 31. The van der Waals surface area contributed by atoms with Crippen molar-refractivity contribution in [1.82, 2.24) is 5.32 Å². The molecule has 0 heterocycles. The first-order valence-electron chi connectivity index (χ1n) is 30.1. The zero-order valence-electron chi connectivity index (χ0n) is 46.3. The van der Waals surface area contributed by atoms with Crippen molar-refractivity contribution in [3.05, 3.63) is 109 Å². The van der Waals surface area contributed by atoms with E-state index in [4.69, 9.17) is 0 Å². The fraction of sp³-hybridized carbons (Fsp3) is 0.712. The Morgan fingerprint density at radius 3 is 1.00 bits per heavy atom. The summed E-state index contributed by atoms with van der Waals surface area (Å²) in [5.41, 5.74) is 0. The molecule has 0 saturated carbocycles. The maximum absolute atomic E-state index is 12.5. The molecule has 0 fully saturated rings. The summed E-state index contributed by atoms with van der Waals surface area (Å²) in [6, 6.07) is -0.652. The monoisotopic (exact) mass is 970 g/mol. The summed E-state index contributed by atoms with van der Waals surface area (Å²) in [6.07, 6.45) is 91.2. The van der Waals surface area contributed by atoms with E-state index in [-0.39, 0.29) is 12.5 Å². The molecule has 0 aromatic rings. The predicted octanol–water partition coefficient (Wildman–Crippen LogP) is 20.3. The molecule has 1 amide bonds. The Morgan fingerprint density at radius 1 is 0.357 bits per heavy atom. The molecule has 0 aliphatic carbocycles. The first-order valence-corrected chi connectivity index (χ1v) is 30.1. The van der Waals surface area contributed by atoms with Gasteiger partial charge in [0.25, 0.3) is 0 Å². The second-order valence-corrected chi connectivity index (χ2v) is 20.0. The average Bonchev–Trinajstić information content (AvgIpc) is 3.36. The van der Waals surface area contributed by atoms with Crippen LogP contribution in [0, 0.1) is 0 Å². The van der Waals surface area contributed by atoms with Crippen LogP contribution in [0.1, 0.15) is 284 Å². The summed E-state index contributed by atoms with van der Waals surface area (Å²) in [6.45, 7) is 4.19. The molecule has 0 aromatic heterocycles. The Kier molecular flexibility index (Phi) is 57.8. The van der Waals surface area contributed by atoms with Crippen LogP contribution in [0.3, 0.4) is 0 Å². The molecule has 0 aromatic carbocycles. The minimum atomic E-state index is -0.876. The second kappa shape index (κ2) is 60.4. The Labute approximate surface area is 436 Å². The third kappa shape index (κ3) is 56.0. The largest absolute Gasteiger partial charge is 0.394 e. The van der Waals surface area contributed by atoms with Gasteiger partial charge < -0.3 is 15.5 Å². The summed E-state index contributed by atoms with van der Waals surface area (Å²) in [4.78, 5) is 12.5. The quantitative estimate of drug-likeness (QED) is 0.0420. The number of aliphatic hydroxyl groups excluding tert-OH is 2. The van der Waals surface area contributed by atoms with Gasteiger partial charge in [-0.25, -0.2) is 0 Å². The summed E-state index contributed by atoms with van der Waals surface area (Å²) in [5.74, 6) is -0.0790. The first kappa shape index (κ1) is 67.0. The van der Waals surface area contributed by atoms with E-state index in [0.717, 1.165) is 77.0 Å². The van der Waals surface area contributed by atoms with Crippen LogP contribution in [0.4, 0.5) is 0 Å². The molecular weight excluding hydrogens is 855 g/mol. The SMILES string of the molecule is CC/C=C\C/C=C\C/C=C\C/C=C\C/C=C\C/C=C\CCCCCCCCCCCCCCCCCCC(=O)NC(CO)C(O)/C=C/CC/C=C/CC/C=C/CCCCCCCCCCCCCCC. The number of carbonyl (C=O) groups excluding carboxylic acids is 1. The molecule has 0 bridgehead atoms. The number of aliphatic hydroxyl groups is 2. The highest BCUT2D eigenvalue weighted by atomic mass is 16.3. The highest BCUT2D eigenvalue weighted by Crippen LogP contribution is 2.16. The standard InChI is InChI=1S/C66H115NO3/c1-3-5-7-9-11-13-15-17-19-21-23-25-27-28-29-30-31-32-33-34-35-36-37-38-40-42-44-46-48-50-52-54-56-58-60-62-66(70)67-64(63-68)65(69)61-59-57-55-53-51-49-47-45-43-41-39-26-24-22-20-18-16-14-12-10-8-6-4-2/h5,7,11,13,17,19,23,25,28-29,31-32,43,45,51,53,59,61,64-65,68-69H,3-4,6,8-10,12,14-16,18,20-22,24,26-27,30,33-42,44,46-50,52,54-58,60,62-63H2,1-2H3,(H,67,70)/b7-5-,13-11-,19-17-,25-23-,29-28-,32-31-,45-43+,53-51+,61-59+. The normalized spacial score (nSPS) is 13.6. The molecule has 0 aliphatic heterocycles. The smallest absolute Gasteiger partial charge is 0.220 e. The summed E-state index contributed by atoms with van der Waals surface area (Å²) in [5, 5.41) is 23.2. The zero-order chi connectivity index (χ0) is 50.6. The molecule has 0 radical (unpaired) electrons. The van der Waals surface area contributed by atoms with E-state index in [1.165, 1.54) is 186 Å². The van der Waals surface area contributed by atoms with Crippen LogP contribution in [0.2, 0.25) is 0 Å².